The van der Waals surface area contributed by atoms with Gasteiger partial charge in [-0.2, -0.15) is 0 Å². The molecular weight excluding hydrogens is 254 g/mol. The molecule has 1 N–H and O–H groups in total. The number of H-pyrrole nitrogens is 1. The van der Waals surface area contributed by atoms with Crippen LogP contribution in [0.5, 0.6) is 0 Å². The molecule has 1 fully saturated rings. The number of hydrogen-bond donors (Lipinski definition) is 1. The molecule has 0 amide bonds. The number of nitrogens with zero attached hydrogens (tertiary/aromatic N) is 2. The summed E-state index contributed by atoms with van der Waals surface area (Å²) in [6.45, 7) is 0. The van der Waals surface area contributed by atoms with Gasteiger partial charge in [-0.25, -0.2) is 9.97 Å². The lowest BCUT2D eigenvalue weighted by Crippen LogP contribution is -1.94. The third-order valence-electron chi connectivity index (χ3n) is 3.10. The van der Waals surface area contributed by atoms with Crippen molar-refractivity contribution in [3.05, 3.63) is 22.6 Å². The molecule has 78 valence electrons. The number of halogens is 1. The van der Waals surface area contributed by atoms with Crippen LogP contribution < -0.4 is 0 Å². The van der Waals surface area contributed by atoms with Crippen LogP contribution in [0.3, 0.4) is 0 Å². The van der Waals surface area contributed by atoms with Gasteiger partial charge in [-0.3, -0.25) is 0 Å². The fraction of sp³-hybridized carbons (Fsp3) is 0.455. The molecule has 0 spiro atoms. The van der Waals surface area contributed by atoms with Crippen molar-refractivity contribution < 1.29 is 0 Å². The lowest BCUT2D eigenvalue weighted by Gasteiger charge is -2.02. The lowest BCUT2D eigenvalue weighted by molar-refractivity contribution is 0.681. The predicted octanol–water partition coefficient (Wildman–Crippen LogP) is 3.38. The second-order valence-electron chi connectivity index (χ2n) is 4.09. The number of pyridine rings is 1. The molecule has 0 aliphatic heterocycles. The quantitative estimate of drug-likeness (QED) is 0.859. The average Bonchev–Trinajstić information content (AvgIpc) is 2.86. The van der Waals surface area contributed by atoms with E-state index in [9.17, 15) is 0 Å². The highest BCUT2D eigenvalue weighted by Gasteiger charge is 2.20. The standard InChI is InChI=1S/C11H12BrN3/c12-8-5-6-13-11-9(8)14-10(15-11)7-3-1-2-4-7/h5-7H,1-4H2,(H,13,14,15). The Balaban J connectivity index is 2.09. The van der Waals surface area contributed by atoms with Crippen LogP contribution in [0, 0.1) is 0 Å². The van der Waals surface area contributed by atoms with E-state index in [0.29, 0.717) is 5.92 Å². The Kier molecular flexibility index (Phi) is 2.24. The maximum atomic E-state index is 4.56. The third kappa shape index (κ3) is 1.57. The molecule has 1 aliphatic rings. The Morgan fingerprint density at radius 3 is 2.87 bits per heavy atom. The zero-order chi connectivity index (χ0) is 10.3. The second-order valence-corrected chi connectivity index (χ2v) is 4.95. The first kappa shape index (κ1) is 9.33. The lowest BCUT2D eigenvalue weighted by atomic mass is 10.1. The van der Waals surface area contributed by atoms with Gasteiger partial charge in [0.1, 0.15) is 5.82 Å². The molecule has 0 bridgehead atoms. The van der Waals surface area contributed by atoms with Gasteiger partial charge >= 0.3 is 0 Å². The topological polar surface area (TPSA) is 41.6 Å². The van der Waals surface area contributed by atoms with Crippen LogP contribution in [0.25, 0.3) is 11.2 Å². The van der Waals surface area contributed by atoms with E-state index in [0.717, 1.165) is 21.5 Å². The summed E-state index contributed by atoms with van der Waals surface area (Å²) in [5, 5.41) is 0. The fourth-order valence-corrected chi connectivity index (χ4v) is 2.69. The van der Waals surface area contributed by atoms with Crippen molar-refractivity contribution in [3.63, 3.8) is 0 Å². The van der Waals surface area contributed by atoms with E-state index in [4.69, 9.17) is 0 Å². The minimum atomic E-state index is 0.617. The molecule has 3 nitrogen and oxygen atoms in total. The first-order valence-corrected chi connectivity index (χ1v) is 6.14. The van der Waals surface area contributed by atoms with E-state index in [1.807, 2.05) is 6.07 Å². The highest BCUT2D eigenvalue weighted by Crippen LogP contribution is 2.33. The molecule has 0 atom stereocenters. The van der Waals surface area contributed by atoms with Crippen LogP contribution in [0.2, 0.25) is 0 Å². The van der Waals surface area contributed by atoms with Gasteiger partial charge in [0.25, 0.3) is 0 Å². The summed E-state index contributed by atoms with van der Waals surface area (Å²) in [6.07, 6.45) is 6.97. The first-order chi connectivity index (χ1) is 7.34. The number of rotatable bonds is 1. The number of hydrogen-bond acceptors (Lipinski definition) is 2. The van der Waals surface area contributed by atoms with Crippen LogP contribution in [0.4, 0.5) is 0 Å². The normalized spacial score (nSPS) is 17.7. The van der Waals surface area contributed by atoms with Crippen molar-refractivity contribution in [2.45, 2.75) is 31.6 Å². The van der Waals surface area contributed by atoms with Gasteiger partial charge in [-0.15, -0.1) is 0 Å². The van der Waals surface area contributed by atoms with Gasteiger partial charge in [0, 0.05) is 16.6 Å². The molecule has 0 saturated heterocycles. The van der Waals surface area contributed by atoms with Crippen LogP contribution in [0.1, 0.15) is 37.4 Å². The number of fused-ring (bicyclic) bond motifs is 1. The minimum Gasteiger partial charge on any atom is -0.339 e. The van der Waals surface area contributed by atoms with Crippen LogP contribution >= 0.6 is 15.9 Å². The van der Waals surface area contributed by atoms with Gasteiger partial charge in [0.2, 0.25) is 0 Å². The smallest absolute Gasteiger partial charge is 0.178 e. The molecule has 3 rings (SSSR count). The Hall–Kier alpha value is -0.900. The average molecular weight is 266 g/mol. The van der Waals surface area contributed by atoms with Gasteiger partial charge in [-0.1, -0.05) is 12.8 Å². The maximum absolute atomic E-state index is 4.56. The fourth-order valence-electron chi connectivity index (χ4n) is 2.29. The van der Waals surface area contributed by atoms with E-state index in [1.54, 1.807) is 6.20 Å². The van der Waals surface area contributed by atoms with Gasteiger partial charge in [-0.05, 0) is 34.8 Å². The molecule has 0 unspecified atom stereocenters. The molecule has 1 aliphatic carbocycles. The Morgan fingerprint density at radius 1 is 1.33 bits per heavy atom. The van der Waals surface area contributed by atoms with Crippen molar-refractivity contribution >= 4 is 27.1 Å². The summed E-state index contributed by atoms with van der Waals surface area (Å²) >= 11 is 3.51. The van der Waals surface area contributed by atoms with Crippen molar-refractivity contribution in [1.82, 2.24) is 15.0 Å². The van der Waals surface area contributed by atoms with Gasteiger partial charge < -0.3 is 4.98 Å². The van der Waals surface area contributed by atoms with E-state index in [-0.39, 0.29) is 0 Å². The Morgan fingerprint density at radius 2 is 2.13 bits per heavy atom. The summed E-state index contributed by atoms with van der Waals surface area (Å²) in [4.78, 5) is 12.2. The molecule has 4 heteroatoms. The minimum absolute atomic E-state index is 0.617. The molecule has 2 heterocycles. The summed E-state index contributed by atoms with van der Waals surface area (Å²) in [7, 11) is 0. The van der Waals surface area contributed by atoms with Crippen LogP contribution in [-0.4, -0.2) is 15.0 Å². The highest BCUT2D eigenvalue weighted by atomic mass is 79.9. The van der Waals surface area contributed by atoms with Crippen LogP contribution in [0.15, 0.2) is 16.7 Å². The number of nitrogens with one attached hydrogen (secondary N) is 1. The molecule has 2 aromatic rings. The van der Waals surface area contributed by atoms with Crippen molar-refractivity contribution in [1.29, 1.82) is 0 Å². The van der Waals surface area contributed by atoms with E-state index >= 15 is 0 Å². The van der Waals surface area contributed by atoms with E-state index in [2.05, 4.69) is 30.9 Å². The summed E-state index contributed by atoms with van der Waals surface area (Å²) in [6, 6.07) is 1.94. The molecular formula is C11H12BrN3. The molecule has 1 saturated carbocycles. The van der Waals surface area contributed by atoms with Gasteiger partial charge in [0.05, 0.1) is 5.52 Å². The molecule has 15 heavy (non-hydrogen) atoms. The maximum Gasteiger partial charge on any atom is 0.178 e. The monoisotopic (exact) mass is 265 g/mol. The predicted molar refractivity (Wildman–Crippen MR) is 62.8 cm³/mol. The number of aromatic amines is 1. The summed E-state index contributed by atoms with van der Waals surface area (Å²) < 4.78 is 1.05. The van der Waals surface area contributed by atoms with E-state index < -0.39 is 0 Å². The number of imidazole rings is 1. The van der Waals surface area contributed by atoms with Crippen LogP contribution in [-0.2, 0) is 0 Å². The summed E-state index contributed by atoms with van der Waals surface area (Å²) in [5.41, 5.74) is 1.85. The summed E-state index contributed by atoms with van der Waals surface area (Å²) in [5.74, 6) is 1.73. The van der Waals surface area contributed by atoms with Crippen molar-refractivity contribution in [2.24, 2.45) is 0 Å². The van der Waals surface area contributed by atoms with E-state index in [1.165, 1.54) is 25.7 Å². The molecule has 0 aromatic carbocycles. The van der Waals surface area contributed by atoms with Crippen molar-refractivity contribution in [2.75, 3.05) is 0 Å². The van der Waals surface area contributed by atoms with Gasteiger partial charge in [0.15, 0.2) is 5.65 Å². The second kappa shape index (κ2) is 3.59. The number of aromatic nitrogens is 3. The van der Waals surface area contributed by atoms with Crippen molar-refractivity contribution in [3.8, 4) is 0 Å². The Labute approximate surface area is 96.4 Å². The zero-order valence-electron chi connectivity index (χ0n) is 8.33. The Bertz CT molecular complexity index is 486. The first-order valence-electron chi connectivity index (χ1n) is 5.35. The molecule has 2 aromatic heterocycles. The third-order valence-corrected chi connectivity index (χ3v) is 3.76. The SMILES string of the molecule is Brc1ccnc2nc(C3CCCC3)[nH]c12. The highest BCUT2D eigenvalue weighted by molar-refractivity contribution is 9.10. The zero-order valence-corrected chi connectivity index (χ0v) is 9.92. The largest absolute Gasteiger partial charge is 0.339 e. The molecule has 0 radical (unpaired) electrons.